The van der Waals surface area contributed by atoms with Crippen LogP contribution in [-0.4, -0.2) is 39.0 Å². The van der Waals surface area contributed by atoms with E-state index in [2.05, 4.69) is 10.0 Å². The van der Waals surface area contributed by atoms with Crippen molar-refractivity contribution in [2.75, 3.05) is 6.61 Å². The van der Waals surface area contributed by atoms with Gasteiger partial charge in [0.15, 0.2) is 6.61 Å². The Morgan fingerprint density at radius 2 is 1.74 bits per heavy atom. The van der Waals surface area contributed by atoms with Gasteiger partial charge in [-0.15, -0.1) is 0 Å². The van der Waals surface area contributed by atoms with Crippen LogP contribution >= 0.6 is 11.6 Å². The van der Waals surface area contributed by atoms with Gasteiger partial charge in [0.05, 0.1) is 4.90 Å². The first kappa shape index (κ1) is 21.7. The summed E-state index contributed by atoms with van der Waals surface area (Å²) in [5, 5.41) is 3.27. The fraction of sp³-hybridized carbons (Fsp3) is 0.556. The minimum absolute atomic E-state index is 0.0161. The Hall–Kier alpha value is -1.64. The summed E-state index contributed by atoms with van der Waals surface area (Å²) in [5.41, 5.74) is 0. The molecule has 0 bridgehead atoms. The van der Waals surface area contributed by atoms with Crippen LogP contribution in [0.5, 0.6) is 0 Å². The Kier molecular flexibility index (Phi) is 8.07. The molecule has 1 aromatic carbocycles. The molecule has 9 heteroatoms. The average Bonchev–Trinajstić information content (AvgIpc) is 2.88. The molecule has 0 radical (unpaired) electrons. The number of nitrogens with one attached hydrogen (secondary N) is 2. The quantitative estimate of drug-likeness (QED) is 0.525. The topological polar surface area (TPSA) is 102 Å². The number of sulfonamides is 1. The molecule has 0 unspecified atom stereocenters. The highest BCUT2D eigenvalue weighted by molar-refractivity contribution is 7.89. The first-order valence-corrected chi connectivity index (χ1v) is 10.9. The number of ether oxygens (including phenoxy) is 1. The van der Waals surface area contributed by atoms with Crippen molar-refractivity contribution in [1.82, 2.24) is 10.0 Å². The summed E-state index contributed by atoms with van der Waals surface area (Å²) >= 11 is 5.74. The van der Waals surface area contributed by atoms with Crippen LogP contribution in [0.4, 0.5) is 0 Å². The molecule has 0 aromatic heterocycles. The zero-order valence-corrected chi connectivity index (χ0v) is 16.8. The monoisotopic (exact) mass is 416 g/mol. The molecule has 1 aliphatic carbocycles. The van der Waals surface area contributed by atoms with Gasteiger partial charge >= 0.3 is 5.97 Å². The van der Waals surface area contributed by atoms with E-state index in [1.165, 1.54) is 44.0 Å². The van der Waals surface area contributed by atoms with E-state index in [9.17, 15) is 18.0 Å². The van der Waals surface area contributed by atoms with Crippen molar-refractivity contribution in [3.8, 4) is 0 Å². The molecule has 7 nitrogen and oxygen atoms in total. The Labute approximate surface area is 164 Å². The summed E-state index contributed by atoms with van der Waals surface area (Å²) < 4.78 is 31.7. The predicted octanol–water partition coefficient (Wildman–Crippen LogP) is 2.39. The molecule has 1 fully saturated rings. The lowest BCUT2D eigenvalue weighted by atomic mass is 10.1. The van der Waals surface area contributed by atoms with Gasteiger partial charge in [-0.1, -0.05) is 37.3 Å². The molecule has 1 saturated carbocycles. The molecule has 0 spiro atoms. The van der Waals surface area contributed by atoms with E-state index >= 15 is 0 Å². The van der Waals surface area contributed by atoms with Crippen LogP contribution in [0.15, 0.2) is 29.2 Å². The van der Waals surface area contributed by atoms with Gasteiger partial charge in [0.2, 0.25) is 10.0 Å². The van der Waals surface area contributed by atoms with E-state index < -0.39 is 28.6 Å². The van der Waals surface area contributed by atoms with E-state index in [4.69, 9.17) is 16.3 Å². The summed E-state index contributed by atoms with van der Waals surface area (Å²) in [6.45, 7) is 0.932. The molecule has 27 heavy (non-hydrogen) atoms. The van der Waals surface area contributed by atoms with Crippen LogP contribution in [0, 0.1) is 0 Å². The number of hydrogen-bond acceptors (Lipinski definition) is 5. The normalized spacial score (nSPS) is 17.0. The molecule has 1 amide bonds. The summed E-state index contributed by atoms with van der Waals surface area (Å²) in [4.78, 5) is 23.9. The summed E-state index contributed by atoms with van der Waals surface area (Å²) in [7, 11) is -3.90. The van der Waals surface area contributed by atoms with Crippen molar-refractivity contribution in [1.29, 1.82) is 0 Å². The number of halogens is 1. The highest BCUT2D eigenvalue weighted by atomic mass is 35.5. The van der Waals surface area contributed by atoms with Crippen LogP contribution in [-0.2, 0) is 24.3 Å². The van der Waals surface area contributed by atoms with Gasteiger partial charge in [-0.05, 0) is 44.0 Å². The summed E-state index contributed by atoms with van der Waals surface area (Å²) in [6, 6.07) is 4.54. The van der Waals surface area contributed by atoms with Crippen LogP contribution in [0.1, 0.15) is 45.4 Å². The summed E-state index contributed by atoms with van der Waals surface area (Å²) in [6.07, 6.45) is 6.36. The van der Waals surface area contributed by atoms with Crippen LogP contribution < -0.4 is 10.0 Å². The van der Waals surface area contributed by atoms with Crippen molar-refractivity contribution in [3.63, 3.8) is 0 Å². The molecule has 1 aliphatic rings. The van der Waals surface area contributed by atoms with Crippen molar-refractivity contribution in [2.24, 2.45) is 0 Å². The number of rotatable bonds is 7. The zero-order valence-electron chi connectivity index (χ0n) is 15.2. The average molecular weight is 417 g/mol. The molecular formula is C18H25ClN2O5S. The number of benzene rings is 1. The van der Waals surface area contributed by atoms with Crippen molar-refractivity contribution < 1.29 is 22.7 Å². The number of esters is 1. The first-order valence-electron chi connectivity index (χ1n) is 9.02. The number of hydrogen-bond donors (Lipinski definition) is 2. The maximum atomic E-state index is 12.3. The second-order valence-electron chi connectivity index (χ2n) is 6.66. The Morgan fingerprint density at radius 1 is 1.15 bits per heavy atom. The standard InChI is InChI=1S/C18H25ClN2O5S/c1-13(21-27(24,25)16-10-8-14(19)9-11-16)18(23)26-12-17(22)20-15-6-4-2-3-5-7-15/h8-11,13,15,21H,2-7,12H2,1H3,(H,20,22)/t13-/m0/s1. The lowest BCUT2D eigenvalue weighted by Gasteiger charge is -2.17. The molecule has 150 valence electrons. The van der Waals surface area contributed by atoms with Crippen LogP contribution in [0.3, 0.4) is 0 Å². The maximum absolute atomic E-state index is 12.3. The van der Waals surface area contributed by atoms with Crippen LogP contribution in [0.25, 0.3) is 0 Å². The Bertz CT molecular complexity index is 744. The van der Waals surface area contributed by atoms with Gasteiger partial charge < -0.3 is 10.1 Å². The Morgan fingerprint density at radius 3 is 2.33 bits per heavy atom. The van der Waals surface area contributed by atoms with Gasteiger partial charge in [0, 0.05) is 11.1 Å². The third-order valence-electron chi connectivity index (χ3n) is 4.38. The fourth-order valence-corrected chi connectivity index (χ4v) is 4.24. The zero-order chi connectivity index (χ0) is 19.9. The molecule has 0 aliphatic heterocycles. The Balaban J connectivity index is 1.80. The first-order chi connectivity index (χ1) is 12.8. The predicted molar refractivity (Wildman–Crippen MR) is 102 cm³/mol. The van der Waals surface area contributed by atoms with Crippen molar-refractivity contribution in [3.05, 3.63) is 29.3 Å². The van der Waals surface area contributed by atoms with Gasteiger partial charge in [-0.2, -0.15) is 4.72 Å². The number of carbonyl (C=O) groups is 2. The van der Waals surface area contributed by atoms with E-state index in [-0.39, 0.29) is 16.8 Å². The smallest absolute Gasteiger partial charge is 0.324 e. The lowest BCUT2D eigenvalue weighted by Crippen LogP contribution is -2.42. The molecule has 2 N–H and O–H groups in total. The fourth-order valence-electron chi connectivity index (χ4n) is 2.92. The molecule has 1 atom stereocenters. The van der Waals surface area contributed by atoms with Gasteiger partial charge in [0.25, 0.3) is 5.91 Å². The summed E-state index contributed by atoms with van der Waals surface area (Å²) in [5.74, 6) is -1.19. The second kappa shape index (κ2) is 10.1. The van der Waals surface area contributed by atoms with Crippen molar-refractivity contribution in [2.45, 2.75) is 62.4 Å². The third kappa shape index (κ3) is 7.12. The van der Waals surface area contributed by atoms with Gasteiger partial charge in [-0.25, -0.2) is 8.42 Å². The third-order valence-corrected chi connectivity index (χ3v) is 6.18. The van der Waals surface area contributed by atoms with E-state index in [1.54, 1.807) is 0 Å². The molecule has 2 rings (SSSR count). The minimum atomic E-state index is -3.90. The molecule has 0 saturated heterocycles. The SMILES string of the molecule is C[C@H](NS(=O)(=O)c1ccc(Cl)cc1)C(=O)OCC(=O)NC1CCCCCC1. The van der Waals surface area contributed by atoms with Crippen LogP contribution in [0.2, 0.25) is 5.02 Å². The number of carbonyl (C=O) groups excluding carboxylic acids is 2. The van der Waals surface area contributed by atoms with Crippen molar-refractivity contribution >= 4 is 33.5 Å². The maximum Gasteiger partial charge on any atom is 0.324 e. The molecule has 1 aromatic rings. The van der Waals surface area contributed by atoms with Gasteiger partial charge in [0.1, 0.15) is 6.04 Å². The van der Waals surface area contributed by atoms with E-state index in [0.29, 0.717) is 5.02 Å². The lowest BCUT2D eigenvalue weighted by molar-refractivity contribution is -0.150. The number of amides is 1. The minimum Gasteiger partial charge on any atom is -0.454 e. The highest BCUT2D eigenvalue weighted by Crippen LogP contribution is 2.17. The van der Waals surface area contributed by atoms with Gasteiger partial charge in [-0.3, -0.25) is 9.59 Å². The second-order valence-corrected chi connectivity index (χ2v) is 8.81. The molecule has 0 heterocycles. The van der Waals surface area contributed by atoms with E-state index in [1.807, 2.05) is 0 Å². The largest absolute Gasteiger partial charge is 0.454 e. The molecular weight excluding hydrogens is 392 g/mol. The highest BCUT2D eigenvalue weighted by Gasteiger charge is 2.24. The van der Waals surface area contributed by atoms with E-state index in [0.717, 1.165) is 25.7 Å².